The van der Waals surface area contributed by atoms with Gasteiger partial charge in [0.2, 0.25) is 0 Å². The number of rotatable bonds is 7. The van der Waals surface area contributed by atoms with E-state index in [4.69, 9.17) is 0 Å². The van der Waals surface area contributed by atoms with E-state index in [2.05, 4.69) is 26.1 Å². The van der Waals surface area contributed by atoms with Crippen LogP contribution in [-0.2, 0) is 13.1 Å². The summed E-state index contributed by atoms with van der Waals surface area (Å²) in [5.74, 6) is 0. The molecule has 0 saturated carbocycles. The van der Waals surface area contributed by atoms with Crippen LogP contribution in [0.5, 0.6) is 0 Å². The highest BCUT2D eigenvalue weighted by Crippen LogP contribution is 2.12. The molecule has 0 aromatic heterocycles. The highest BCUT2D eigenvalue weighted by Gasteiger charge is 2.14. The maximum absolute atomic E-state index is 12.6. The zero-order chi connectivity index (χ0) is 17.4. The van der Waals surface area contributed by atoms with Crippen LogP contribution in [0.15, 0.2) is 59.1 Å². The Balaban J connectivity index is 1.98. The van der Waals surface area contributed by atoms with Crippen molar-refractivity contribution in [2.24, 2.45) is 0 Å². The molecule has 0 unspecified atom stereocenters. The fraction of sp³-hybridized carbons (Fsp3) is 0.316. The zero-order valence-corrected chi connectivity index (χ0v) is 15.8. The summed E-state index contributed by atoms with van der Waals surface area (Å²) < 4.78 is 1.04. The second-order valence-corrected chi connectivity index (χ2v) is 6.91. The van der Waals surface area contributed by atoms with Crippen molar-refractivity contribution in [1.82, 2.24) is 15.1 Å². The number of halogens is 1. The van der Waals surface area contributed by atoms with E-state index in [1.165, 1.54) is 0 Å². The molecule has 4 nitrogen and oxygen atoms in total. The molecule has 0 heterocycles. The Kier molecular flexibility index (Phi) is 7.28. The lowest BCUT2D eigenvalue weighted by molar-refractivity contribution is 0.188. The third-order valence-electron chi connectivity index (χ3n) is 3.68. The summed E-state index contributed by atoms with van der Waals surface area (Å²) in [4.78, 5) is 16.5. The Morgan fingerprint density at radius 2 is 1.62 bits per heavy atom. The fourth-order valence-corrected chi connectivity index (χ4v) is 2.53. The highest BCUT2D eigenvalue weighted by molar-refractivity contribution is 9.10. The average Bonchev–Trinajstić information content (AvgIpc) is 2.59. The van der Waals surface area contributed by atoms with Crippen LogP contribution in [0, 0.1) is 0 Å². The van der Waals surface area contributed by atoms with Crippen LogP contribution >= 0.6 is 15.9 Å². The normalized spacial score (nSPS) is 10.7. The molecule has 2 aromatic carbocycles. The minimum Gasteiger partial charge on any atom is -0.334 e. The number of benzene rings is 2. The van der Waals surface area contributed by atoms with Crippen molar-refractivity contribution in [3.05, 3.63) is 70.2 Å². The van der Waals surface area contributed by atoms with E-state index >= 15 is 0 Å². The molecule has 2 amide bonds. The van der Waals surface area contributed by atoms with Gasteiger partial charge in [-0.25, -0.2) is 4.79 Å². The highest BCUT2D eigenvalue weighted by atomic mass is 79.9. The van der Waals surface area contributed by atoms with Gasteiger partial charge in [-0.05, 0) is 37.4 Å². The summed E-state index contributed by atoms with van der Waals surface area (Å²) in [6.45, 7) is 2.65. The monoisotopic (exact) mass is 389 g/mol. The molecule has 1 N–H and O–H groups in total. The summed E-state index contributed by atoms with van der Waals surface area (Å²) >= 11 is 3.44. The molecule has 0 saturated heterocycles. The number of carbonyl (C=O) groups is 1. The molecule has 0 fully saturated rings. The smallest absolute Gasteiger partial charge is 0.318 e. The Morgan fingerprint density at radius 1 is 0.958 bits per heavy atom. The van der Waals surface area contributed by atoms with Gasteiger partial charge in [-0.1, -0.05) is 58.4 Å². The van der Waals surface area contributed by atoms with Crippen molar-refractivity contribution < 1.29 is 4.79 Å². The van der Waals surface area contributed by atoms with E-state index in [0.29, 0.717) is 19.6 Å². The van der Waals surface area contributed by atoms with E-state index in [-0.39, 0.29) is 6.03 Å². The molecule has 0 aliphatic rings. The third-order valence-corrected chi connectivity index (χ3v) is 4.21. The maximum atomic E-state index is 12.6. The van der Waals surface area contributed by atoms with Gasteiger partial charge in [0.1, 0.15) is 0 Å². The van der Waals surface area contributed by atoms with Crippen molar-refractivity contribution in [3.8, 4) is 0 Å². The lowest BCUT2D eigenvalue weighted by Crippen LogP contribution is -2.42. The van der Waals surface area contributed by atoms with Gasteiger partial charge in [-0.3, -0.25) is 0 Å². The maximum Gasteiger partial charge on any atom is 0.318 e. The Labute approximate surface area is 152 Å². The first-order chi connectivity index (χ1) is 11.5. The zero-order valence-electron chi connectivity index (χ0n) is 14.2. The van der Waals surface area contributed by atoms with E-state index in [9.17, 15) is 4.79 Å². The van der Waals surface area contributed by atoms with Crippen LogP contribution in [0.25, 0.3) is 0 Å². The summed E-state index contributed by atoms with van der Waals surface area (Å²) in [5.41, 5.74) is 2.22. The standard InChI is InChI=1S/C19H24BrN3O/c1-22(2)12-13-23(15-17-8-10-18(20)11-9-17)19(24)21-14-16-6-4-3-5-7-16/h3-11H,12-15H2,1-2H3,(H,21,24). The minimum absolute atomic E-state index is 0.0383. The fourth-order valence-electron chi connectivity index (χ4n) is 2.27. The molecular formula is C19H24BrN3O. The molecule has 2 aromatic rings. The number of urea groups is 1. The Morgan fingerprint density at radius 3 is 2.25 bits per heavy atom. The lowest BCUT2D eigenvalue weighted by atomic mass is 10.2. The van der Waals surface area contributed by atoms with Crippen molar-refractivity contribution in [2.75, 3.05) is 27.2 Å². The van der Waals surface area contributed by atoms with Crippen LogP contribution in [0.2, 0.25) is 0 Å². The number of hydrogen-bond acceptors (Lipinski definition) is 2. The molecule has 0 bridgehead atoms. The number of hydrogen-bond donors (Lipinski definition) is 1. The minimum atomic E-state index is -0.0383. The molecule has 0 aliphatic carbocycles. The number of nitrogens with zero attached hydrogens (tertiary/aromatic N) is 2. The first-order valence-electron chi connectivity index (χ1n) is 8.00. The summed E-state index contributed by atoms with van der Waals surface area (Å²) in [5, 5.41) is 3.01. The van der Waals surface area contributed by atoms with Gasteiger partial charge in [-0.15, -0.1) is 0 Å². The van der Waals surface area contributed by atoms with E-state index in [1.54, 1.807) is 0 Å². The largest absolute Gasteiger partial charge is 0.334 e. The summed E-state index contributed by atoms with van der Waals surface area (Å²) in [7, 11) is 4.03. The Bertz CT molecular complexity index is 629. The van der Waals surface area contributed by atoms with Gasteiger partial charge < -0.3 is 15.1 Å². The second kappa shape index (κ2) is 9.45. The van der Waals surface area contributed by atoms with E-state index in [0.717, 1.165) is 22.1 Å². The number of amides is 2. The van der Waals surface area contributed by atoms with Gasteiger partial charge in [0.05, 0.1) is 0 Å². The molecular weight excluding hydrogens is 366 g/mol. The van der Waals surface area contributed by atoms with Crippen molar-refractivity contribution in [2.45, 2.75) is 13.1 Å². The van der Waals surface area contributed by atoms with E-state index in [1.807, 2.05) is 73.6 Å². The van der Waals surface area contributed by atoms with Crippen LogP contribution < -0.4 is 5.32 Å². The molecule has 5 heteroatoms. The second-order valence-electron chi connectivity index (χ2n) is 6.00. The molecule has 0 aliphatic heterocycles. The van der Waals surface area contributed by atoms with Crippen molar-refractivity contribution in [3.63, 3.8) is 0 Å². The predicted molar refractivity (Wildman–Crippen MR) is 102 cm³/mol. The molecule has 128 valence electrons. The lowest BCUT2D eigenvalue weighted by Gasteiger charge is -2.25. The van der Waals surface area contributed by atoms with Crippen molar-refractivity contribution >= 4 is 22.0 Å². The van der Waals surface area contributed by atoms with Crippen LogP contribution in [0.1, 0.15) is 11.1 Å². The summed E-state index contributed by atoms with van der Waals surface area (Å²) in [6.07, 6.45) is 0. The van der Waals surface area contributed by atoms with Gasteiger partial charge in [0.15, 0.2) is 0 Å². The predicted octanol–water partition coefficient (Wildman–Crippen LogP) is 3.72. The number of nitrogens with one attached hydrogen (secondary N) is 1. The number of carbonyl (C=O) groups excluding carboxylic acids is 1. The van der Waals surface area contributed by atoms with Gasteiger partial charge >= 0.3 is 6.03 Å². The van der Waals surface area contributed by atoms with Crippen molar-refractivity contribution in [1.29, 1.82) is 0 Å². The van der Waals surface area contributed by atoms with Gasteiger partial charge in [0, 0.05) is 30.7 Å². The molecule has 24 heavy (non-hydrogen) atoms. The van der Waals surface area contributed by atoms with Gasteiger partial charge in [0.25, 0.3) is 0 Å². The van der Waals surface area contributed by atoms with Crippen LogP contribution in [0.3, 0.4) is 0 Å². The quantitative estimate of drug-likeness (QED) is 0.782. The number of likely N-dealkylation sites (N-methyl/N-ethyl adjacent to an activating group) is 1. The van der Waals surface area contributed by atoms with Gasteiger partial charge in [-0.2, -0.15) is 0 Å². The molecule has 0 atom stereocenters. The summed E-state index contributed by atoms with van der Waals surface area (Å²) in [6, 6.07) is 18.0. The third kappa shape index (κ3) is 6.34. The molecule has 0 radical (unpaired) electrons. The first-order valence-corrected chi connectivity index (χ1v) is 8.80. The van der Waals surface area contributed by atoms with Crippen LogP contribution in [-0.4, -0.2) is 43.0 Å². The van der Waals surface area contributed by atoms with E-state index < -0.39 is 0 Å². The van der Waals surface area contributed by atoms with Crippen LogP contribution in [0.4, 0.5) is 4.79 Å². The molecule has 0 spiro atoms. The topological polar surface area (TPSA) is 35.6 Å². The molecule has 2 rings (SSSR count). The SMILES string of the molecule is CN(C)CCN(Cc1ccc(Br)cc1)C(=O)NCc1ccccc1. The Hall–Kier alpha value is -1.85. The average molecular weight is 390 g/mol. The first kappa shape index (κ1) is 18.5.